The quantitative estimate of drug-likeness (QED) is 0.698. The summed E-state index contributed by atoms with van der Waals surface area (Å²) in [7, 11) is -3.46. The van der Waals surface area contributed by atoms with Crippen LogP contribution in [0, 0.1) is 11.3 Å². The third-order valence-electron chi connectivity index (χ3n) is 6.05. The molecule has 4 heterocycles. The second-order valence-electron chi connectivity index (χ2n) is 7.38. The van der Waals surface area contributed by atoms with Gasteiger partial charge in [-0.25, -0.2) is 18.1 Å². The summed E-state index contributed by atoms with van der Waals surface area (Å²) in [6.45, 7) is 1.79. The van der Waals surface area contributed by atoms with Crippen molar-refractivity contribution in [2.45, 2.75) is 31.5 Å². The highest BCUT2D eigenvalue weighted by molar-refractivity contribution is 7.89. The van der Waals surface area contributed by atoms with E-state index < -0.39 is 34.0 Å². The number of benzene rings is 1. The van der Waals surface area contributed by atoms with Gasteiger partial charge in [0.05, 0.1) is 28.6 Å². The maximum Gasteiger partial charge on any atom is 0.332 e. The fourth-order valence-corrected chi connectivity index (χ4v) is 6.11. The molecule has 3 atom stereocenters. The summed E-state index contributed by atoms with van der Waals surface area (Å²) in [6.07, 6.45) is 2.03. The summed E-state index contributed by atoms with van der Waals surface area (Å²) >= 11 is 0. The lowest BCUT2D eigenvalue weighted by atomic mass is 10.1. The average molecular weight is 411 g/mol. The van der Waals surface area contributed by atoms with Crippen LogP contribution in [0.2, 0.25) is 0 Å². The van der Waals surface area contributed by atoms with Crippen LogP contribution in [-0.2, 0) is 14.8 Å². The zero-order valence-electron chi connectivity index (χ0n) is 15.5. The number of carbonyl (C=O) groups excluding carboxylic acids is 2. The molecule has 3 aliphatic rings. The molecule has 9 nitrogen and oxygen atoms in total. The van der Waals surface area contributed by atoms with Crippen LogP contribution in [-0.4, -0.2) is 65.0 Å². The Hall–Kier alpha value is -3.03. The summed E-state index contributed by atoms with van der Waals surface area (Å²) in [5.41, 5.74) is 1.13. The Bertz CT molecular complexity index is 1220. The third kappa shape index (κ3) is 2.28. The first kappa shape index (κ1) is 18.0. The van der Waals surface area contributed by atoms with Crippen molar-refractivity contribution in [3.63, 3.8) is 0 Å². The van der Waals surface area contributed by atoms with E-state index in [9.17, 15) is 23.3 Å². The first-order valence-electron chi connectivity index (χ1n) is 9.32. The number of nitrogens with zero attached hydrogens (tertiary/aromatic N) is 5. The van der Waals surface area contributed by atoms with Crippen LogP contribution >= 0.6 is 0 Å². The first-order chi connectivity index (χ1) is 13.9. The fraction of sp³-hybridized carbons (Fsp3) is 0.368. The molecule has 3 aliphatic heterocycles. The maximum atomic E-state index is 13.3. The van der Waals surface area contributed by atoms with Crippen LogP contribution in [0.3, 0.4) is 0 Å². The largest absolute Gasteiger partial charge is 0.332 e. The molecule has 0 spiro atoms. The van der Waals surface area contributed by atoms with Crippen molar-refractivity contribution in [1.29, 1.82) is 5.26 Å². The molecule has 2 bridgehead atoms. The molecular weight excluding hydrogens is 394 g/mol. The number of anilines is 1. The van der Waals surface area contributed by atoms with Crippen molar-refractivity contribution >= 4 is 38.6 Å². The van der Waals surface area contributed by atoms with Crippen LogP contribution in [0.25, 0.3) is 10.9 Å². The highest BCUT2D eigenvalue weighted by Gasteiger charge is 2.63. The molecule has 0 radical (unpaired) electrons. The highest BCUT2D eigenvalue weighted by Crippen LogP contribution is 2.44. The van der Waals surface area contributed by atoms with Gasteiger partial charge in [0.15, 0.2) is 0 Å². The van der Waals surface area contributed by atoms with E-state index in [1.165, 1.54) is 15.3 Å². The van der Waals surface area contributed by atoms with Gasteiger partial charge in [0.25, 0.3) is 5.91 Å². The molecule has 3 amide bonds. The van der Waals surface area contributed by atoms with Gasteiger partial charge >= 0.3 is 6.03 Å². The number of nitriles is 1. The molecule has 3 saturated heterocycles. The number of hydrogen-bond donors (Lipinski definition) is 0. The summed E-state index contributed by atoms with van der Waals surface area (Å²) in [5.74, 6) is -0.478. The molecule has 3 fully saturated rings. The molecule has 2 aromatic rings. The molecule has 0 unspecified atom stereocenters. The van der Waals surface area contributed by atoms with Crippen LogP contribution in [0.4, 0.5) is 10.5 Å². The van der Waals surface area contributed by atoms with Gasteiger partial charge in [0.1, 0.15) is 12.1 Å². The van der Waals surface area contributed by atoms with E-state index in [1.54, 1.807) is 31.3 Å². The molecule has 148 valence electrons. The lowest BCUT2D eigenvalue weighted by Crippen LogP contribution is -2.55. The summed E-state index contributed by atoms with van der Waals surface area (Å²) in [4.78, 5) is 33.4. The van der Waals surface area contributed by atoms with E-state index >= 15 is 0 Å². The summed E-state index contributed by atoms with van der Waals surface area (Å²) in [5, 5.41) is 9.85. The number of carbonyl (C=O) groups is 2. The van der Waals surface area contributed by atoms with Gasteiger partial charge in [-0.05, 0) is 37.6 Å². The number of hydrogen-bond acceptors (Lipinski definition) is 6. The lowest BCUT2D eigenvalue weighted by Gasteiger charge is -2.33. The number of sulfonamides is 1. The molecule has 1 aromatic carbocycles. The van der Waals surface area contributed by atoms with E-state index in [4.69, 9.17) is 0 Å². The topological polar surface area (TPSA) is 115 Å². The smallest absolute Gasteiger partial charge is 0.306 e. The maximum absolute atomic E-state index is 13.3. The number of imide groups is 1. The van der Waals surface area contributed by atoms with Crippen LogP contribution in [0.5, 0.6) is 0 Å². The second-order valence-corrected chi connectivity index (χ2v) is 9.59. The molecule has 1 aromatic heterocycles. The third-order valence-corrected chi connectivity index (χ3v) is 7.91. The monoisotopic (exact) mass is 411 g/mol. The Morgan fingerprint density at radius 3 is 2.79 bits per heavy atom. The van der Waals surface area contributed by atoms with Gasteiger partial charge in [0.2, 0.25) is 10.0 Å². The SMILES string of the molecule is CCS(=O)(=O)N1C[C@@H]2C[C@H]1[C@H]1C(=O)N(c3ccc(C#N)c4ncccc34)C(=O)N21. The van der Waals surface area contributed by atoms with Gasteiger partial charge < -0.3 is 4.90 Å². The van der Waals surface area contributed by atoms with Crippen LogP contribution in [0.15, 0.2) is 30.5 Å². The van der Waals surface area contributed by atoms with Gasteiger partial charge in [-0.3, -0.25) is 9.78 Å². The standard InChI is InChI=1S/C19H17N5O4S/c1-2-29(27,28)22-10-12-8-15(22)17-18(25)24(19(26)23(12)17)14-6-5-11(9-20)16-13(14)4-3-7-21-16/h3-7,12,15,17H,2,8,10H2,1H3/t12-,15-,17-/m0/s1. The Morgan fingerprint density at radius 2 is 2.07 bits per heavy atom. The summed E-state index contributed by atoms with van der Waals surface area (Å²) in [6, 6.07) is 6.47. The van der Waals surface area contributed by atoms with Gasteiger partial charge in [-0.2, -0.15) is 9.57 Å². The molecule has 0 aliphatic carbocycles. The first-order valence-corrected chi connectivity index (χ1v) is 10.9. The number of pyridine rings is 1. The minimum absolute atomic E-state index is 0.0410. The van der Waals surface area contributed by atoms with Gasteiger partial charge in [-0.1, -0.05) is 0 Å². The van der Waals surface area contributed by atoms with Gasteiger partial charge in [-0.15, -0.1) is 0 Å². The molecule has 0 saturated carbocycles. The molecule has 29 heavy (non-hydrogen) atoms. The zero-order chi connectivity index (χ0) is 20.5. The van der Waals surface area contributed by atoms with E-state index in [0.717, 1.165) is 4.90 Å². The normalized spacial score (nSPS) is 26.4. The number of amides is 3. The fourth-order valence-electron chi connectivity index (χ4n) is 4.77. The van der Waals surface area contributed by atoms with E-state index in [-0.39, 0.29) is 18.3 Å². The minimum Gasteiger partial charge on any atom is -0.306 e. The Morgan fingerprint density at radius 1 is 1.28 bits per heavy atom. The molecular formula is C19H17N5O4S. The van der Waals surface area contributed by atoms with Crippen molar-refractivity contribution in [2.24, 2.45) is 0 Å². The van der Waals surface area contributed by atoms with Crippen molar-refractivity contribution in [1.82, 2.24) is 14.2 Å². The van der Waals surface area contributed by atoms with E-state index in [0.29, 0.717) is 28.6 Å². The number of rotatable bonds is 3. The molecule has 0 N–H and O–H groups in total. The van der Waals surface area contributed by atoms with Crippen molar-refractivity contribution in [3.05, 3.63) is 36.0 Å². The number of fused-ring (bicyclic) bond motifs is 6. The van der Waals surface area contributed by atoms with E-state index in [1.807, 2.05) is 0 Å². The Kier molecular flexibility index (Phi) is 3.72. The molecule has 10 heteroatoms. The van der Waals surface area contributed by atoms with Crippen LogP contribution < -0.4 is 4.90 Å². The summed E-state index contributed by atoms with van der Waals surface area (Å²) < 4.78 is 26.2. The van der Waals surface area contributed by atoms with E-state index in [2.05, 4.69) is 11.1 Å². The minimum atomic E-state index is -3.46. The van der Waals surface area contributed by atoms with Crippen LogP contribution in [0.1, 0.15) is 18.9 Å². The van der Waals surface area contributed by atoms with Crippen molar-refractivity contribution in [2.75, 3.05) is 17.2 Å². The predicted octanol–water partition coefficient (Wildman–Crippen LogP) is 1.05. The highest BCUT2D eigenvalue weighted by atomic mass is 32.2. The van der Waals surface area contributed by atoms with Crippen molar-refractivity contribution < 1.29 is 18.0 Å². The zero-order valence-corrected chi connectivity index (χ0v) is 16.3. The van der Waals surface area contributed by atoms with Gasteiger partial charge in [0, 0.05) is 24.2 Å². The Labute approximate surface area is 167 Å². The number of aromatic nitrogens is 1. The Balaban J connectivity index is 1.60. The second kappa shape index (κ2) is 5.98. The van der Waals surface area contributed by atoms with Crippen molar-refractivity contribution in [3.8, 4) is 6.07 Å². The lowest BCUT2D eigenvalue weighted by molar-refractivity contribution is -0.120. The predicted molar refractivity (Wildman–Crippen MR) is 103 cm³/mol. The number of urea groups is 1. The molecule has 5 rings (SSSR count). The number of piperazine rings is 1. The average Bonchev–Trinajstić information content (AvgIpc) is 3.39.